The van der Waals surface area contributed by atoms with Gasteiger partial charge >= 0.3 is 0 Å². The minimum atomic E-state index is -0.215. The van der Waals surface area contributed by atoms with Crippen LogP contribution in [-0.4, -0.2) is 38.5 Å². The molecule has 1 unspecified atom stereocenters. The van der Waals surface area contributed by atoms with Crippen LogP contribution in [-0.2, 0) is 6.54 Å². The van der Waals surface area contributed by atoms with Crippen molar-refractivity contribution in [3.63, 3.8) is 0 Å². The second kappa shape index (κ2) is 8.64. The average Bonchev–Trinajstić information content (AvgIpc) is 3.05. The molecule has 1 aromatic carbocycles. The Morgan fingerprint density at radius 1 is 1.22 bits per heavy atom. The van der Waals surface area contributed by atoms with Gasteiger partial charge in [-0.25, -0.2) is 4.39 Å². The molecule has 0 saturated heterocycles. The Bertz CT molecular complexity index is 608. The van der Waals surface area contributed by atoms with Crippen LogP contribution in [0.2, 0.25) is 0 Å². The highest BCUT2D eigenvalue weighted by Crippen LogP contribution is 2.17. The first-order valence-electron chi connectivity index (χ1n) is 7.49. The smallest absolute Gasteiger partial charge is 0.191 e. The zero-order valence-corrected chi connectivity index (χ0v) is 14.5. The van der Waals surface area contributed by atoms with Crippen molar-refractivity contribution in [3.8, 4) is 0 Å². The molecular weight excluding hydrogens is 311 g/mol. The lowest BCUT2D eigenvalue weighted by molar-refractivity contribution is 0.298. The Balaban J connectivity index is 1.92. The second-order valence-electron chi connectivity index (χ2n) is 5.42. The highest BCUT2D eigenvalue weighted by molar-refractivity contribution is 7.09. The van der Waals surface area contributed by atoms with Gasteiger partial charge in [-0.3, -0.25) is 4.99 Å². The van der Waals surface area contributed by atoms with Gasteiger partial charge in [0.05, 0.1) is 12.6 Å². The molecule has 23 heavy (non-hydrogen) atoms. The largest absolute Gasteiger partial charge is 0.354 e. The summed E-state index contributed by atoms with van der Waals surface area (Å²) in [6, 6.07) is 10.9. The van der Waals surface area contributed by atoms with Gasteiger partial charge < -0.3 is 15.5 Å². The number of aliphatic imine (C=N–C) groups is 1. The molecule has 6 heteroatoms. The standard InChI is InChI=1S/C17H23FN4S/c1-19-17(20-11-15-5-4-10-23-15)21-12-16(22(2)3)13-6-8-14(18)9-7-13/h4-10,16H,11-12H2,1-3H3,(H2,19,20,21). The molecule has 0 aliphatic rings. The molecule has 0 bridgehead atoms. The molecule has 1 heterocycles. The topological polar surface area (TPSA) is 39.7 Å². The lowest BCUT2D eigenvalue weighted by Gasteiger charge is -2.26. The van der Waals surface area contributed by atoms with E-state index in [2.05, 4.69) is 32.0 Å². The molecule has 1 aromatic heterocycles. The highest BCUT2D eigenvalue weighted by Gasteiger charge is 2.14. The van der Waals surface area contributed by atoms with Gasteiger partial charge in [0.25, 0.3) is 0 Å². The Kier molecular flexibility index (Phi) is 6.55. The van der Waals surface area contributed by atoms with Crippen molar-refractivity contribution >= 4 is 17.3 Å². The SMILES string of the molecule is CN=C(NCc1cccs1)NCC(c1ccc(F)cc1)N(C)C. The molecule has 2 aromatic rings. The van der Waals surface area contributed by atoms with Gasteiger partial charge in [-0.2, -0.15) is 0 Å². The van der Waals surface area contributed by atoms with E-state index < -0.39 is 0 Å². The number of rotatable bonds is 6. The van der Waals surface area contributed by atoms with Crippen LogP contribution in [0.4, 0.5) is 4.39 Å². The molecule has 1 atom stereocenters. The molecule has 0 radical (unpaired) electrons. The van der Waals surface area contributed by atoms with E-state index in [1.165, 1.54) is 17.0 Å². The van der Waals surface area contributed by atoms with Crippen LogP contribution < -0.4 is 10.6 Å². The molecule has 0 saturated carbocycles. The molecule has 0 amide bonds. The minimum absolute atomic E-state index is 0.135. The fourth-order valence-electron chi connectivity index (χ4n) is 2.28. The maximum absolute atomic E-state index is 13.1. The number of halogens is 1. The van der Waals surface area contributed by atoms with E-state index in [1.54, 1.807) is 18.4 Å². The van der Waals surface area contributed by atoms with Crippen LogP contribution in [0, 0.1) is 5.82 Å². The van der Waals surface area contributed by atoms with Gasteiger partial charge in [0, 0.05) is 18.5 Å². The summed E-state index contributed by atoms with van der Waals surface area (Å²) in [7, 11) is 5.78. The summed E-state index contributed by atoms with van der Waals surface area (Å²) < 4.78 is 13.1. The van der Waals surface area contributed by atoms with E-state index in [1.807, 2.05) is 32.3 Å². The quantitative estimate of drug-likeness (QED) is 0.630. The van der Waals surface area contributed by atoms with E-state index in [0.717, 1.165) is 18.1 Å². The molecule has 0 fully saturated rings. The van der Waals surface area contributed by atoms with Crippen molar-refractivity contribution in [2.24, 2.45) is 4.99 Å². The maximum atomic E-state index is 13.1. The van der Waals surface area contributed by atoms with E-state index in [-0.39, 0.29) is 11.9 Å². The third-order valence-corrected chi connectivity index (χ3v) is 4.45. The minimum Gasteiger partial charge on any atom is -0.354 e. The summed E-state index contributed by atoms with van der Waals surface area (Å²) in [5.74, 6) is 0.542. The second-order valence-corrected chi connectivity index (χ2v) is 6.45. The van der Waals surface area contributed by atoms with E-state index in [9.17, 15) is 4.39 Å². The summed E-state index contributed by atoms with van der Waals surface area (Å²) in [4.78, 5) is 7.61. The van der Waals surface area contributed by atoms with Gasteiger partial charge in [-0.1, -0.05) is 18.2 Å². The fourth-order valence-corrected chi connectivity index (χ4v) is 2.93. The molecule has 2 N–H and O–H groups in total. The lowest BCUT2D eigenvalue weighted by Crippen LogP contribution is -2.41. The van der Waals surface area contributed by atoms with Crippen molar-refractivity contribution < 1.29 is 4.39 Å². The first-order valence-corrected chi connectivity index (χ1v) is 8.37. The molecule has 0 aliphatic carbocycles. The van der Waals surface area contributed by atoms with Crippen molar-refractivity contribution in [2.45, 2.75) is 12.6 Å². The summed E-state index contributed by atoms with van der Waals surface area (Å²) >= 11 is 1.71. The van der Waals surface area contributed by atoms with E-state index in [0.29, 0.717) is 6.54 Å². The molecule has 0 aliphatic heterocycles. The molecular formula is C17H23FN4S. The van der Waals surface area contributed by atoms with Crippen molar-refractivity contribution in [2.75, 3.05) is 27.7 Å². The Labute approximate surface area is 141 Å². The van der Waals surface area contributed by atoms with Crippen molar-refractivity contribution in [1.29, 1.82) is 0 Å². The van der Waals surface area contributed by atoms with E-state index >= 15 is 0 Å². The van der Waals surface area contributed by atoms with Crippen molar-refractivity contribution in [1.82, 2.24) is 15.5 Å². The van der Waals surface area contributed by atoms with E-state index in [4.69, 9.17) is 0 Å². The molecule has 0 spiro atoms. The number of benzene rings is 1. The average molecular weight is 334 g/mol. The van der Waals surface area contributed by atoms with Crippen LogP contribution in [0.5, 0.6) is 0 Å². The predicted molar refractivity (Wildman–Crippen MR) is 95.3 cm³/mol. The van der Waals surface area contributed by atoms with Gasteiger partial charge in [0.15, 0.2) is 5.96 Å². The van der Waals surface area contributed by atoms with Gasteiger partial charge in [-0.15, -0.1) is 11.3 Å². The van der Waals surface area contributed by atoms with Crippen LogP contribution >= 0.6 is 11.3 Å². The molecule has 2 rings (SSSR count). The summed E-state index contributed by atoms with van der Waals surface area (Å²) in [6.45, 7) is 1.43. The number of nitrogens with one attached hydrogen (secondary N) is 2. The monoisotopic (exact) mass is 334 g/mol. The van der Waals surface area contributed by atoms with Crippen LogP contribution in [0.1, 0.15) is 16.5 Å². The third kappa shape index (κ3) is 5.33. The van der Waals surface area contributed by atoms with Gasteiger partial charge in [-0.05, 0) is 43.2 Å². The molecule has 124 valence electrons. The number of guanidine groups is 1. The predicted octanol–water partition coefficient (Wildman–Crippen LogP) is 2.86. The normalized spacial score (nSPS) is 13.2. The lowest BCUT2D eigenvalue weighted by atomic mass is 10.1. The summed E-state index contributed by atoms with van der Waals surface area (Å²) in [6.07, 6.45) is 0. The van der Waals surface area contributed by atoms with Crippen LogP contribution in [0.3, 0.4) is 0 Å². The Morgan fingerprint density at radius 2 is 1.96 bits per heavy atom. The zero-order chi connectivity index (χ0) is 16.7. The first kappa shape index (κ1) is 17.4. The van der Waals surface area contributed by atoms with Crippen LogP contribution in [0.25, 0.3) is 0 Å². The fraction of sp³-hybridized carbons (Fsp3) is 0.353. The van der Waals surface area contributed by atoms with Gasteiger partial charge in [0.1, 0.15) is 5.82 Å². The number of thiophene rings is 1. The molecule has 4 nitrogen and oxygen atoms in total. The van der Waals surface area contributed by atoms with Crippen LogP contribution in [0.15, 0.2) is 46.8 Å². The van der Waals surface area contributed by atoms with Crippen molar-refractivity contribution in [3.05, 3.63) is 58.0 Å². The number of likely N-dealkylation sites (N-methyl/N-ethyl adjacent to an activating group) is 1. The number of nitrogens with zero attached hydrogens (tertiary/aromatic N) is 2. The highest BCUT2D eigenvalue weighted by atomic mass is 32.1. The number of hydrogen-bond acceptors (Lipinski definition) is 3. The number of hydrogen-bond donors (Lipinski definition) is 2. The summed E-state index contributed by atoms with van der Waals surface area (Å²) in [5.41, 5.74) is 1.07. The maximum Gasteiger partial charge on any atom is 0.191 e. The third-order valence-electron chi connectivity index (χ3n) is 3.57. The Morgan fingerprint density at radius 3 is 2.52 bits per heavy atom. The van der Waals surface area contributed by atoms with Gasteiger partial charge in [0.2, 0.25) is 0 Å². The zero-order valence-electron chi connectivity index (χ0n) is 13.7. The first-order chi connectivity index (χ1) is 11.1. The Hall–Kier alpha value is -1.92. The summed E-state index contributed by atoms with van der Waals surface area (Å²) in [5, 5.41) is 8.69.